The zero-order valence-corrected chi connectivity index (χ0v) is 12.6. The van der Waals surface area contributed by atoms with E-state index in [0.29, 0.717) is 6.61 Å². The van der Waals surface area contributed by atoms with E-state index in [1.54, 1.807) is 13.3 Å². The number of rotatable bonds is 7. The Morgan fingerprint density at radius 1 is 1.40 bits per heavy atom. The lowest BCUT2D eigenvalue weighted by molar-refractivity contribution is 0.158. The molecule has 0 spiro atoms. The molecule has 2 N–H and O–H groups in total. The maximum atomic E-state index is 5.23. The smallest absolute Gasteiger partial charge is 0.180 e. The fourth-order valence-corrected chi connectivity index (χ4v) is 2.07. The zero-order valence-electron chi connectivity index (χ0n) is 12.6. The minimum atomic E-state index is -0.211. The number of fused-ring (bicyclic) bond motifs is 1. The van der Waals surface area contributed by atoms with Gasteiger partial charge in [0.05, 0.1) is 18.3 Å². The lowest BCUT2D eigenvalue weighted by Gasteiger charge is -2.26. The Balaban J connectivity index is 2.32. The molecule has 2 aromatic heterocycles. The van der Waals surface area contributed by atoms with Gasteiger partial charge in [-0.1, -0.05) is 6.92 Å². The van der Waals surface area contributed by atoms with E-state index in [0.717, 1.165) is 30.2 Å². The van der Waals surface area contributed by atoms with E-state index < -0.39 is 0 Å². The monoisotopic (exact) mass is 277 g/mol. The van der Waals surface area contributed by atoms with Crippen molar-refractivity contribution < 1.29 is 4.74 Å². The number of methoxy groups -OCH3 is 1. The van der Waals surface area contributed by atoms with Gasteiger partial charge in [-0.25, -0.2) is 9.97 Å². The standard InChI is InChI=1S/C14H23N5O/c1-5-6-15-11-9-19-8-7-16-13(19)12(17-11)18-14(2,3)10-20-4/h7-9,15H,5-6,10H2,1-4H3,(H,17,18). The van der Waals surface area contributed by atoms with Crippen molar-refractivity contribution in [1.29, 1.82) is 0 Å². The van der Waals surface area contributed by atoms with Gasteiger partial charge in [0.15, 0.2) is 11.5 Å². The third kappa shape index (κ3) is 3.39. The fourth-order valence-electron chi connectivity index (χ4n) is 2.07. The number of ether oxygens (including phenoxy) is 1. The first-order valence-electron chi connectivity index (χ1n) is 6.90. The molecule has 0 bridgehead atoms. The normalized spacial score (nSPS) is 11.8. The van der Waals surface area contributed by atoms with E-state index in [2.05, 4.69) is 41.4 Å². The maximum absolute atomic E-state index is 5.23. The highest BCUT2D eigenvalue weighted by Gasteiger charge is 2.20. The predicted molar refractivity (Wildman–Crippen MR) is 81.3 cm³/mol. The van der Waals surface area contributed by atoms with Crippen molar-refractivity contribution in [2.75, 3.05) is 30.9 Å². The molecule has 0 atom stereocenters. The van der Waals surface area contributed by atoms with Crippen LogP contribution in [-0.4, -0.2) is 40.2 Å². The average Bonchev–Trinajstić information content (AvgIpc) is 2.84. The summed E-state index contributed by atoms with van der Waals surface area (Å²) in [4.78, 5) is 8.97. The Labute approximate surface area is 119 Å². The lowest BCUT2D eigenvalue weighted by Crippen LogP contribution is -2.36. The van der Waals surface area contributed by atoms with Crippen molar-refractivity contribution in [3.8, 4) is 0 Å². The van der Waals surface area contributed by atoms with Gasteiger partial charge >= 0.3 is 0 Å². The molecule has 2 rings (SSSR count). The van der Waals surface area contributed by atoms with Crippen molar-refractivity contribution in [1.82, 2.24) is 14.4 Å². The molecular weight excluding hydrogens is 254 g/mol. The summed E-state index contributed by atoms with van der Waals surface area (Å²) in [6.45, 7) is 7.76. The van der Waals surface area contributed by atoms with Crippen LogP contribution in [-0.2, 0) is 4.74 Å². The van der Waals surface area contributed by atoms with Gasteiger partial charge in [-0.2, -0.15) is 0 Å². The molecule has 0 unspecified atom stereocenters. The molecule has 0 aliphatic rings. The first-order chi connectivity index (χ1) is 9.55. The van der Waals surface area contributed by atoms with E-state index in [9.17, 15) is 0 Å². The summed E-state index contributed by atoms with van der Waals surface area (Å²) in [5.41, 5.74) is 0.605. The summed E-state index contributed by atoms with van der Waals surface area (Å²) in [6, 6.07) is 0. The number of hydrogen-bond donors (Lipinski definition) is 2. The van der Waals surface area contributed by atoms with Crippen molar-refractivity contribution in [3.63, 3.8) is 0 Å². The molecule has 0 radical (unpaired) electrons. The first-order valence-corrected chi connectivity index (χ1v) is 6.90. The molecule has 0 fully saturated rings. The van der Waals surface area contributed by atoms with Crippen molar-refractivity contribution in [2.45, 2.75) is 32.7 Å². The molecule has 2 aromatic rings. The fraction of sp³-hybridized carbons (Fsp3) is 0.571. The molecular formula is C14H23N5O. The summed E-state index contributed by atoms with van der Waals surface area (Å²) >= 11 is 0. The SMILES string of the molecule is CCCNc1cn2ccnc2c(NC(C)(C)COC)n1. The Bertz CT molecular complexity index is 564. The predicted octanol–water partition coefficient (Wildman–Crippen LogP) is 2.39. The van der Waals surface area contributed by atoms with E-state index in [-0.39, 0.29) is 5.54 Å². The minimum absolute atomic E-state index is 0.211. The van der Waals surface area contributed by atoms with Gasteiger partial charge in [0, 0.05) is 26.0 Å². The molecule has 6 heteroatoms. The maximum Gasteiger partial charge on any atom is 0.180 e. The molecule has 2 heterocycles. The summed E-state index contributed by atoms with van der Waals surface area (Å²) in [5.74, 6) is 1.60. The minimum Gasteiger partial charge on any atom is -0.382 e. The largest absolute Gasteiger partial charge is 0.382 e. The van der Waals surface area contributed by atoms with E-state index in [4.69, 9.17) is 4.74 Å². The van der Waals surface area contributed by atoms with Crippen LogP contribution < -0.4 is 10.6 Å². The number of hydrogen-bond acceptors (Lipinski definition) is 5. The van der Waals surface area contributed by atoms with Crippen LogP contribution in [0.5, 0.6) is 0 Å². The van der Waals surface area contributed by atoms with E-state index >= 15 is 0 Å². The summed E-state index contributed by atoms with van der Waals surface area (Å²) in [6.07, 6.45) is 6.70. The first kappa shape index (κ1) is 14.6. The Kier molecular flexibility index (Phi) is 4.44. The molecule has 0 amide bonds. The Hall–Kier alpha value is -1.82. The van der Waals surface area contributed by atoms with Crippen LogP contribution in [0.15, 0.2) is 18.6 Å². The second-order valence-corrected chi connectivity index (χ2v) is 5.50. The number of imidazole rings is 1. The van der Waals surface area contributed by atoms with Crippen molar-refractivity contribution in [2.24, 2.45) is 0 Å². The van der Waals surface area contributed by atoms with Crippen LogP contribution in [0.3, 0.4) is 0 Å². The quantitative estimate of drug-likeness (QED) is 0.813. The Morgan fingerprint density at radius 3 is 2.90 bits per heavy atom. The van der Waals surface area contributed by atoms with Gasteiger partial charge in [-0.15, -0.1) is 0 Å². The summed E-state index contributed by atoms with van der Waals surface area (Å²) < 4.78 is 7.20. The number of nitrogens with zero attached hydrogens (tertiary/aromatic N) is 3. The molecule has 20 heavy (non-hydrogen) atoms. The van der Waals surface area contributed by atoms with Gasteiger partial charge in [0.25, 0.3) is 0 Å². The second-order valence-electron chi connectivity index (χ2n) is 5.50. The molecule has 0 aromatic carbocycles. The number of nitrogens with one attached hydrogen (secondary N) is 2. The highest BCUT2D eigenvalue weighted by Crippen LogP contribution is 2.20. The number of anilines is 2. The van der Waals surface area contributed by atoms with Crippen LogP contribution in [0.2, 0.25) is 0 Å². The summed E-state index contributed by atoms with van der Waals surface area (Å²) in [7, 11) is 1.70. The van der Waals surface area contributed by atoms with Gasteiger partial charge in [-0.05, 0) is 20.3 Å². The third-order valence-electron chi connectivity index (χ3n) is 2.89. The third-order valence-corrected chi connectivity index (χ3v) is 2.89. The second kappa shape index (κ2) is 6.09. The number of aromatic nitrogens is 3. The topological polar surface area (TPSA) is 63.5 Å². The average molecular weight is 277 g/mol. The van der Waals surface area contributed by atoms with Gasteiger partial charge in [-0.3, -0.25) is 0 Å². The van der Waals surface area contributed by atoms with Crippen molar-refractivity contribution >= 4 is 17.3 Å². The van der Waals surface area contributed by atoms with Crippen LogP contribution in [0, 0.1) is 0 Å². The molecule has 110 valence electrons. The van der Waals surface area contributed by atoms with Gasteiger partial charge < -0.3 is 19.8 Å². The highest BCUT2D eigenvalue weighted by molar-refractivity contribution is 5.66. The molecule has 0 aliphatic carbocycles. The Morgan fingerprint density at radius 2 is 2.20 bits per heavy atom. The molecule has 0 saturated heterocycles. The van der Waals surface area contributed by atoms with Gasteiger partial charge in [0.2, 0.25) is 0 Å². The molecule has 0 saturated carbocycles. The van der Waals surface area contributed by atoms with Crippen LogP contribution in [0.1, 0.15) is 27.2 Å². The van der Waals surface area contributed by atoms with Crippen LogP contribution in [0.25, 0.3) is 5.65 Å². The highest BCUT2D eigenvalue weighted by atomic mass is 16.5. The van der Waals surface area contributed by atoms with Crippen LogP contribution in [0.4, 0.5) is 11.6 Å². The van der Waals surface area contributed by atoms with Crippen molar-refractivity contribution in [3.05, 3.63) is 18.6 Å². The van der Waals surface area contributed by atoms with Crippen LogP contribution >= 0.6 is 0 Å². The molecule has 6 nitrogen and oxygen atoms in total. The summed E-state index contributed by atoms with van der Waals surface area (Å²) in [5, 5.41) is 6.71. The van der Waals surface area contributed by atoms with E-state index in [1.165, 1.54) is 0 Å². The lowest BCUT2D eigenvalue weighted by atomic mass is 10.1. The zero-order chi connectivity index (χ0) is 14.6. The molecule has 0 aliphatic heterocycles. The van der Waals surface area contributed by atoms with Gasteiger partial charge in [0.1, 0.15) is 5.82 Å². The van der Waals surface area contributed by atoms with E-state index in [1.807, 2.05) is 16.8 Å².